The fourth-order valence-electron chi connectivity index (χ4n) is 0.630. The minimum Gasteiger partial charge on any atom is -0.480 e. The van der Waals surface area contributed by atoms with Gasteiger partial charge in [0.15, 0.2) is 0 Å². The van der Waals surface area contributed by atoms with E-state index in [-0.39, 0.29) is 0 Å². The second-order valence-corrected chi connectivity index (χ2v) is 2.47. The van der Waals surface area contributed by atoms with E-state index in [2.05, 4.69) is 0 Å². The lowest BCUT2D eigenvalue weighted by atomic mass is 9.97. The van der Waals surface area contributed by atoms with Crippen LogP contribution in [0.4, 0.5) is 0 Å². The van der Waals surface area contributed by atoms with Crippen LogP contribution in [-0.2, 0) is 4.79 Å². The van der Waals surface area contributed by atoms with E-state index in [4.69, 9.17) is 21.1 Å². The quantitative estimate of drug-likeness (QED) is 0.399. The molecule has 5 heteroatoms. The molecule has 11 heavy (non-hydrogen) atoms. The summed E-state index contributed by atoms with van der Waals surface area (Å²) in [5.41, 5.74) is 5.17. The van der Waals surface area contributed by atoms with Gasteiger partial charge in [0.25, 0.3) is 0 Å². The summed E-state index contributed by atoms with van der Waals surface area (Å²) in [4.78, 5) is 10.2. The highest BCUT2D eigenvalue weighted by molar-refractivity contribution is 5.73. The van der Waals surface area contributed by atoms with E-state index in [0.717, 1.165) is 0 Å². The molecule has 66 valence electrons. The van der Waals surface area contributed by atoms with Crippen molar-refractivity contribution >= 4 is 5.97 Å². The molecule has 0 aromatic heterocycles. The lowest BCUT2D eigenvalue weighted by Gasteiger charge is -2.19. The standard InChI is InChI=1S/C6H13NO4/c1-3(4(9)2-8)5(7)6(10)11/h3-5,8-9H,2,7H2,1H3,(H,10,11)/t3-,4+,5-/m0/s1. The number of aliphatic hydroxyl groups excluding tert-OH is 2. The van der Waals surface area contributed by atoms with Crippen LogP contribution in [0.5, 0.6) is 0 Å². The Labute approximate surface area is 64.4 Å². The van der Waals surface area contributed by atoms with Gasteiger partial charge in [-0.25, -0.2) is 0 Å². The Morgan fingerprint density at radius 3 is 2.36 bits per heavy atom. The first-order valence-corrected chi connectivity index (χ1v) is 3.28. The van der Waals surface area contributed by atoms with Gasteiger partial charge in [-0.15, -0.1) is 0 Å². The third-order valence-corrected chi connectivity index (χ3v) is 1.65. The summed E-state index contributed by atoms with van der Waals surface area (Å²) >= 11 is 0. The smallest absolute Gasteiger partial charge is 0.320 e. The van der Waals surface area contributed by atoms with Gasteiger partial charge in [0, 0.05) is 5.92 Å². The third-order valence-electron chi connectivity index (χ3n) is 1.65. The second-order valence-electron chi connectivity index (χ2n) is 2.47. The van der Waals surface area contributed by atoms with Gasteiger partial charge in [-0.2, -0.15) is 0 Å². The van der Waals surface area contributed by atoms with Crippen LogP contribution in [0.15, 0.2) is 0 Å². The molecule has 0 rings (SSSR count). The molecule has 0 aromatic rings. The van der Waals surface area contributed by atoms with Gasteiger partial charge in [0.2, 0.25) is 0 Å². The molecule has 0 aliphatic rings. The van der Waals surface area contributed by atoms with Crippen molar-refractivity contribution in [3.8, 4) is 0 Å². The van der Waals surface area contributed by atoms with Crippen molar-refractivity contribution in [1.82, 2.24) is 0 Å². The fraction of sp³-hybridized carbons (Fsp3) is 0.833. The van der Waals surface area contributed by atoms with Crippen molar-refractivity contribution < 1.29 is 20.1 Å². The number of carbonyl (C=O) groups is 1. The normalized spacial score (nSPS) is 18.9. The number of nitrogens with two attached hydrogens (primary N) is 1. The third kappa shape index (κ3) is 2.83. The van der Waals surface area contributed by atoms with Crippen molar-refractivity contribution in [2.75, 3.05) is 6.61 Å². The summed E-state index contributed by atoms with van der Waals surface area (Å²) in [6.07, 6.45) is -1.07. The van der Waals surface area contributed by atoms with E-state index in [1.807, 2.05) is 0 Å². The SMILES string of the molecule is C[C@@H]([C@H](O)CO)[C@H](N)C(=O)O. The molecule has 0 fully saturated rings. The summed E-state index contributed by atoms with van der Waals surface area (Å²) < 4.78 is 0. The van der Waals surface area contributed by atoms with Crippen LogP contribution in [0.2, 0.25) is 0 Å². The van der Waals surface area contributed by atoms with Gasteiger partial charge in [-0.1, -0.05) is 6.92 Å². The van der Waals surface area contributed by atoms with Gasteiger partial charge in [0.05, 0.1) is 12.7 Å². The first kappa shape index (κ1) is 10.3. The molecule has 0 unspecified atom stereocenters. The van der Waals surface area contributed by atoms with Gasteiger partial charge in [0.1, 0.15) is 6.04 Å². The highest BCUT2D eigenvalue weighted by atomic mass is 16.4. The molecule has 0 aliphatic heterocycles. The van der Waals surface area contributed by atoms with Crippen LogP contribution in [0.1, 0.15) is 6.92 Å². The molecule has 0 amide bonds. The number of carboxylic acids is 1. The van der Waals surface area contributed by atoms with Crippen LogP contribution < -0.4 is 5.73 Å². The molecule has 0 radical (unpaired) electrons. The topological polar surface area (TPSA) is 104 Å². The lowest BCUT2D eigenvalue weighted by molar-refractivity contribution is -0.141. The minimum atomic E-state index is -1.18. The molecule has 0 heterocycles. The van der Waals surface area contributed by atoms with Crippen molar-refractivity contribution in [2.24, 2.45) is 11.7 Å². The molecule has 3 atom stereocenters. The van der Waals surface area contributed by atoms with Gasteiger partial charge in [-0.3, -0.25) is 4.79 Å². The van der Waals surface area contributed by atoms with Crippen molar-refractivity contribution in [3.63, 3.8) is 0 Å². The Balaban J connectivity index is 4.00. The number of carboxylic acid groups (broad SMARTS) is 1. The van der Waals surface area contributed by atoms with Crippen LogP contribution in [-0.4, -0.2) is 40.0 Å². The number of aliphatic carboxylic acids is 1. The Morgan fingerprint density at radius 1 is 1.64 bits per heavy atom. The Morgan fingerprint density at radius 2 is 2.09 bits per heavy atom. The number of aliphatic hydroxyl groups is 2. The zero-order chi connectivity index (χ0) is 9.02. The van der Waals surface area contributed by atoms with Gasteiger partial charge in [-0.05, 0) is 0 Å². The lowest BCUT2D eigenvalue weighted by Crippen LogP contribution is -2.43. The van der Waals surface area contributed by atoms with Gasteiger partial charge < -0.3 is 21.1 Å². The molecule has 0 saturated heterocycles. The molecule has 5 N–H and O–H groups in total. The van der Waals surface area contributed by atoms with Crippen LogP contribution >= 0.6 is 0 Å². The van der Waals surface area contributed by atoms with Crippen molar-refractivity contribution in [1.29, 1.82) is 0 Å². The molecular weight excluding hydrogens is 150 g/mol. The van der Waals surface area contributed by atoms with E-state index < -0.39 is 30.6 Å². The summed E-state index contributed by atoms with van der Waals surface area (Å²) in [6, 6.07) is -1.13. The summed E-state index contributed by atoms with van der Waals surface area (Å²) in [5, 5.41) is 25.8. The van der Waals surface area contributed by atoms with E-state index >= 15 is 0 Å². The number of hydrogen-bond donors (Lipinski definition) is 4. The minimum absolute atomic E-state index is 0.470. The molecule has 0 bridgehead atoms. The molecule has 0 aromatic carbocycles. The molecule has 0 aliphatic carbocycles. The number of hydrogen-bond acceptors (Lipinski definition) is 4. The Bertz CT molecular complexity index is 139. The van der Waals surface area contributed by atoms with Crippen LogP contribution in [0, 0.1) is 5.92 Å². The first-order valence-electron chi connectivity index (χ1n) is 3.28. The summed E-state index contributed by atoms with van der Waals surface area (Å²) in [6.45, 7) is 1.00. The predicted octanol–water partition coefficient (Wildman–Crippen LogP) is -1.61. The molecule has 0 saturated carbocycles. The summed E-state index contributed by atoms with van der Waals surface area (Å²) in [7, 11) is 0. The summed E-state index contributed by atoms with van der Waals surface area (Å²) in [5.74, 6) is -1.82. The predicted molar refractivity (Wildman–Crippen MR) is 37.9 cm³/mol. The largest absolute Gasteiger partial charge is 0.480 e. The Hall–Kier alpha value is -0.650. The van der Waals surface area contributed by atoms with Crippen molar-refractivity contribution in [3.05, 3.63) is 0 Å². The average Bonchev–Trinajstić information content (AvgIpc) is 2.00. The van der Waals surface area contributed by atoms with Gasteiger partial charge >= 0.3 is 5.97 Å². The maximum atomic E-state index is 10.2. The maximum Gasteiger partial charge on any atom is 0.320 e. The first-order chi connectivity index (χ1) is 5.00. The zero-order valence-corrected chi connectivity index (χ0v) is 6.27. The molecule has 5 nitrogen and oxygen atoms in total. The zero-order valence-electron chi connectivity index (χ0n) is 6.27. The average molecular weight is 163 g/mol. The highest BCUT2D eigenvalue weighted by Crippen LogP contribution is 2.06. The van der Waals surface area contributed by atoms with E-state index in [0.29, 0.717) is 0 Å². The van der Waals surface area contributed by atoms with Crippen LogP contribution in [0.3, 0.4) is 0 Å². The monoisotopic (exact) mass is 163 g/mol. The Kier molecular flexibility index (Phi) is 4.02. The van der Waals surface area contributed by atoms with E-state index in [1.165, 1.54) is 6.92 Å². The fourth-order valence-corrected chi connectivity index (χ4v) is 0.630. The maximum absolute atomic E-state index is 10.2. The van der Waals surface area contributed by atoms with E-state index in [9.17, 15) is 4.79 Å². The van der Waals surface area contributed by atoms with Crippen LogP contribution in [0.25, 0.3) is 0 Å². The molecule has 0 spiro atoms. The molecular formula is C6H13NO4. The highest BCUT2D eigenvalue weighted by Gasteiger charge is 2.25. The number of rotatable bonds is 4. The second kappa shape index (κ2) is 4.27. The van der Waals surface area contributed by atoms with E-state index in [1.54, 1.807) is 0 Å². The van der Waals surface area contributed by atoms with Crippen molar-refractivity contribution in [2.45, 2.75) is 19.1 Å².